The van der Waals surface area contributed by atoms with E-state index in [9.17, 15) is 9.59 Å². The molecule has 1 saturated heterocycles. The molecule has 1 atom stereocenters. The Morgan fingerprint density at radius 3 is 2.50 bits per heavy atom. The van der Waals surface area contributed by atoms with Crippen molar-refractivity contribution >= 4 is 11.8 Å². The van der Waals surface area contributed by atoms with Gasteiger partial charge in [0.15, 0.2) is 6.10 Å². The highest BCUT2D eigenvalue weighted by molar-refractivity contribution is 5.94. The van der Waals surface area contributed by atoms with Crippen LogP contribution >= 0.6 is 0 Å². The van der Waals surface area contributed by atoms with E-state index in [-0.39, 0.29) is 23.8 Å². The summed E-state index contributed by atoms with van der Waals surface area (Å²) in [6.45, 7) is 10.7. The highest BCUT2D eigenvalue weighted by atomic mass is 16.7. The molecule has 0 spiro atoms. The summed E-state index contributed by atoms with van der Waals surface area (Å²) in [5.74, 6) is -0.426. The molecule has 0 N–H and O–H groups in total. The van der Waals surface area contributed by atoms with E-state index in [0.29, 0.717) is 18.7 Å². The van der Waals surface area contributed by atoms with Crippen LogP contribution in [0.3, 0.4) is 0 Å². The molecule has 1 heterocycles. The molecule has 2 amide bonds. The van der Waals surface area contributed by atoms with E-state index in [1.807, 2.05) is 20.8 Å². The van der Waals surface area contributed by atoms with E-state index >= 15 is 0 Å². The van der Waals surface area contributed by atoms with Gasteiger partial charge in [0.05, 0.1) is 20.3 Å². The van der Waals surface area contributed by atoms with Crippen molar-refractivity contribution < 1.29 is 19.2 Å². The van der Waals surface area contributed by atoms with Crippen molar-refractivity contribution in [1.29, 1.82) is 0 Å². The first-order valence-corrected chi connectivity index (χ1v) is 6.60. The van der Waals surface area contributed by atoms with Gasteiger partial charge in [0.2, 0.25) is 5.91 Å². The van der Waals surface area contributed by atoms with Crippen molar-refractivity contribution in [3.63, 3.8) is 0 Å². The van der Waals surface area contributed by atoms with E-state index in [4.69, 9.17) is 9.57 Å². The summed E-state index contributed by atoms with van der Waals surface area (Å²) in [5, 5.41) is 1.11. The Labute approximate surface area is 120 Å². The van der Waals surface area contributed by atoms with Gasteiger partial charge >= 0.3 is 0 Å². The van der Waals surface area contributed by atoms with Crippen molar-refractivity contribution in [2.24, 2.45) is 5.41 Å². The zero-order valence-corrected chi connectivity index (χ0v) is 12.9. The number of carbonyl (C=O) groups excluding carboxylic acids is 2. The fourth-order valence-electron chi connectivity index (χ4n) is 1.79. The van der Waals surface area contributed by atoms with Crippen molar-refractivity contribution in [3.05, 3.63) is 12.2 Å². The number of hydroxylamine groups is 2. The Morgan fingerprint density at radius 2 is 2.00 bits per heavy atom. The summed E-state index contributed by atoms with van der Waals surface area (Å²) in [4.78, 5) is 30.8. The van der Waals surface area contributed by atoms with Crippen LogP contribution in [0.15, 0.2) is 12.2 Å². The monoisotopic (exact) mass is 284 g/mol. The van der Waals surface area contributed by atoms with Gasteiger partial charge < -0.3 is 9.64 Å². The summed E-state index contributed by atoms with van der Waals surface area (Å²) >= 11 is 0. The average molecular weight is 284 g/mol. The van der Waals surface area contributed by atoms with Crippen LogP contribution in [-0.4, -0.2) is 61.7 Å². The summed E-state index contributed by atoms with van der Waals surface area (Å²) < 4.78 is 5.41. The smallest absolute Gasteiger partial charge is 0.276 e. The van der Waals surface area contributed by atoms with Crippen LogP contribution in [0.1, 0.15) is 20.8 Å². The number of morpholine rings is 1. The molecular weight excluding hydrogens is 260 g/mol. The fourth-order valence-corrected chi connectivity index (χ4v) is 1.79. The molecule has 0 aromatic rings. The third kappa shape index (κ3) is 3.80. The lowest BCUT2D eigenvalue weighted by atomic mass is 9.86. The summed E-state index contributed by atoms with van der Waals surface area (Å²) in [5.41, 5.74) is 0.240. The second-order valence-electron chi connectivity index (χ2n) is 5.86. The molecule has 1 rings (SSSR count). The Bertz CT molecular complexity index is 400. The van der Waals surface area contributed by atoms with E-state index in [2.05, 4.69) is 6.58 Å². The minimum Gasteiger partial charge on any atom is -0.365 e. The largest absolute Gasteiger partial charge is 0.365 e. The quantitative estimate of drug-likeness (QED) is 0.569. The topological polar surface area (TPSA) is 59.1 Å². The number of hydrogen-bond donors (Lipinski definition) is 0. The molecule has 20 heavy (non-hydrogen) atoms. The van der Waals surface area contributed by atoms with Gasteiger partial charge in [-0.3, -0.25) is 14.4 Å². The number of amides is 2. The number of hydrogen-bond acceptors (Lipinski definition) is 4. The Balaban J connectivity index is 2.72. The molecule has 6 nitrogen and oxygen atoms in total. The first-order valence-electron chi connectivity index (χ1n) is 6.60. The van der Waals surface area contributed by atoms with Gasteiger partial charge in [-0.2, -0.15) is 0 Å². The van der Waals surface area contributed by atoms with Gasteiger partial charge in [-0.25, -0.2) is 5.06 Å². The number of nitrogens with zero attached hydrogens (tertiary/aromatic N) is 2. The molecular formula is C14H24N2O4. The molecule has 1 fully saturated rings. The minimum absolute atomic E-state index is 0.126. The minimum atomic E-state index is -0.689. The molecule has 0 aromatic carbocycles. The first-order chi connectivity index (χ1) is 9.18. The zero-order valence-electron chi connectivity index (χ0n) is 12.9. The zero-order chi connectivity index (χ0) is 15.5. The fraction of sp³-hybridized carbons (Fsp3) is 0.714. The summed E-state index contributed by atoms with van der Waals surface area (Å²) in [7, 11) is 2.92. The van der Waals surface area contributed by atoms with Gasteiger partial charge in [-0.15, -0.1) is 0 Å². The number of ether oxygens (including phenoxy) is 1. The highest BCUT2D eigenvalue weighted by Gasteiger charge is 2.34. The molecule has 1 unspecified atom stereocenters. The van der Waals surface area contributed by atoms with Crippen LogP contribution in [0.2, 0.25) is 0 Å². The van der Waals surface area contributed by atoms with Gasteiger partial charge in [0, 0.05) is 19.2 Å². The molecule has 1 aliphatic rings. The number of rotatable bonds is 3. The van der Waals surface area contributed by atoms with E-state index in [1.54, 1.807) is 4.90 Å². The van der Waals surface area contributed by atoms with Crippen molar-refractivity contribution in [3.8, 4) is 0 Å². The number of likely N-dealkylation sites (N-methyl/N-ethyl adjacent to an activating group) is 1. The van der Waals surface area contributed by atoms with Crippen LogP contribution < -0.4 is 0 Å². The standard InChI is InChI=1S/C14H24N2O4/c1-10(14(2,3)4)12(17)16-7-8-20-11(9-16)13(18)15(5)19-6/h11H,1,7-9H2,2-6H3. The predicted octanol–water partition coefficient (Wildman–Crippen LogP) is 0.836. The van der Waals surface area contributed by atoms with Gasteiger partial charge in [-0.05, 0) is 5.41 Å². The molecule has 0 aromatic heterocycles. The van der Waals surface area contributed by atoms with Crippen molar-refractivity contribution in [2.45, 2.75) is 26.9 Å². The first kappa shape index (κ1) is 16.7. The second kappa shape index (κ2) is 6.37. The lowest BCUT2D eigenvalue weighted by molar-refractivity contribution is -0.185. The van der Waals surface area contributed by atoms with Crippen molar-refractivity contribution in [2.75, 3.05) is 33.9 Å². The Kier molecular flexibility index (Phi) is 5.30. The Morgan fingerprint density at radius 1 is 1.40 bits per heavy atom. The maximum atomic E-state index is 12.4. The lowest BCUT2D eigenvalue weighted by Gasteiger charge is -2.35. The lowest BCUT2D eigenvalue weighted by Crippen LogP contribution is -2.52. The summed E-state index contributed by atoms with van der Waals surface area (Å²) in [6, 6.07) is 0. The van der Waals surface area contributed by atoms with E-state index in [1.165, 1.54) is 14.2 Å². The van der Waals surface area contributed by atoms with Crippen LogP contribution in [-0.2, 0) is 19.2 Å². The maximum absolute atomic E-state index is 12.4. The molecule has 0 radical (unpaired) electrons. The molecule has 0 aliphatic carbocycles. The maximum Gasteiger partial charge on any atom is 0.276 e. The van der Waals surface area contributed by atoms with Gasteiger partial charge in [-0.1, -0.05) is 27.4 Å². The molecule has 1 aliphatic heterocycles. The molecule has 0 bridgehead atoms. The van der Waals surface area contributed by atoms with Crippen LogP contribution in [0, 0.1) is 5.41 Å². The third-order valence-corrected chi connectivity index (χ3v) is 3.38. The highest BCUT2D eigenvalue weighted by Crippen LogP contribution is 2.26. The van der Waals surface area contributed by atoms with E-state index < -0.39 is 6.10 Å². The predicted molar refractivity (Wildman–Crippen MR) is 74.7 cm³/mol. The van der Waals surface area contributed by atoms with Crippen LogP contribution in [0.25, 0.3) is 0 Å². The third-order valence-electron chi connectivity index (χ3n) is 3.38. The second-order valence-corrected chi connectivity index (χ2v) is 5.86. The number of carbonyl (C=O) groups is 2. The van der Waals surface area contributed by atoms with Gasteiger partial charge in [0.25, 0.3) is 5.91 Å². The SMILES string of the molecule is C=C(C(=O)N1CCOC(C(=O)N(C)OC)C1)C(C)(C)C. The van der Waals surface area contributed by atoms with Crippen molar-refractivity contribution in [1.82, 2.24) is 9.96 Å². The summed E-state index contributed by atoms with van der Waals surface area (Å²) in [6.07, 6.45) is -0.689. The Hall–Kier alpha value is -1.40. The van der Waals surface area contributed by atoms with Crippen LogP contribution in [0.5, 0.6) is 0 Å². The van der Waals surface area contributed by atoms with Crippen LogP contribution in [0.4, 0.5) is 0 Å². The molecule has 6 heteroatoms. The molecule has 0 saturated carbocycles. The average Bonchev–Trinajstić information content (AvgIpc) is 2.43. The van der Waals surface area contributed by atoms with E-state index in [0.717, 1.165) is 5.06 Å². The molecule has 114 valence electrons. The normalized spacial score (nSPS) is 19.6. The van der Waals surface area contributed by atoms with Gasteiger partial charge in [0.1, 0.15) is 0 Å².